The molecule has 1 aromatic carbocycles. The van der Waals surface area contributed by atoms with E-state index in [1.807, 2.05) is 0 Å². The van der Waals surface area contributed by atoms with Gasteiger partial charge in [0.2, 0.25) is 0 Å². The summed E-state index contributed by atoms with van der Waals surface area (Å²) in [7, 11) is 0. The molecular formula is C17H23F2NO6. The van der Waals surface area contributed by atoms with Crippen molar-refractivity contribution in [2.24, 2.45) is 0 Å². The topological polar surface area (TPSA) is 88.5 Å². The lowest BCUT2D eigenvalue weighted by molar-refractivity contribution is -0.286. The lowest BCUT2D eigenvalue weighted by Crippen LogP contribution is -2.40. The minimum absolute atomic E-state index is 0.0462. The van der Waals surface area contributed by atoms with Crippen LogP contribution < -0.4 is 9.47 Å². The molecule has 2 N–H and O–H groups in total. The fourth-order valence-electron chi connectivity index (χ4n) is 2.27. The van der Waals surface area contributed by atoms with Gasteiger partial charge in [0.05, 0.1) is 19.2 Å². The van der Waals surface area contributed by atoms with Gasteiger partial charge in [-0.25, -0.2) is 4.79 Å². The highest BCUT2D eigenvalue weighted by Gasteiger charge is 2.44. The lowest BCUT2D eigenvalue weighted by atomic mass is 10.1. The smallest absolute Gasteiger partial charge is 0.507 e. The van der Waals surface area contributed by atoms with Crippen LogP contribution in [-0.4, -0.2) is 45.8 Å². The first-order valence-corrected chi connectivity index (χ1v) is 8.18. The van der Waals surface area contributed by atoms with Crippen LogP contribution in [0.25, 0.3) is 0 Å². The molecule has 0 aromatic heterocycles. The summed E-state index contributed by atoms with van der Waals surface area (Å²) in [5.41, 5.74) is -0.606. The van der Waals surface area contributed by atoms with Gasteiger partial charge in [-0.15, -0.1) is 8.78 Å². The molecule has 9 heteroatoms. The van der Waals surface area contributed by atoms with Crippen molar-refractivity contribution < 1.29 is 38.0 Å². The second-order valence-electron chi connectivity index (χ2n) is 7.02. The molecule has 1 amide bonds. The first kappa shape index (κ1) is 20.0. The van der Waals surface area contributed by atoms with Crippen molar-refractivity contribution in [2.45, 2.75) is 58.7 Å². The van der Waals surface area contributed by atoms with E-state index in [2.05, 4.69) is 9.47 Å². The minimum Gasteiger partial charge on any atom is -0.507 e. The number of benzene rings is 1. The van der Waals surface area contributed by atoms with Gasteiger partial charge >= 0.3 is 12.4 Å². The van der Waals surface area contributed by atoms with Crippen LogP contribution in [0.1, 0.15) is 39.7 Å². The van der Waals surface area contributed by atoms with Gasteiger partial charge in [0.15, 0.2) is 11.5 Å². The third-order valence-electron chi connectivity index (χ3n) is 3.52. The number of nitrogens with zero attached hydrogens (tertiary/aromatic N) is 1. The molecule has 0 unspecified atom stereocenters. The summed E-state index contributed by atoms with van der Waals surface area (Å²) in [5.74, 6) is -0.888. The van der Waals surface area contributed by atoms with Crippen LogP contribution in [0, 0.1) is 0 Å². The van der Waals surface area contributed by atoms with Gasteiger partial charge in [-0.05, 0) is 33.3 Å². The van der Waals surface area contributed by atoms with Crippen molar-refractivity contribution in [3.05, 3.63) is 17.7 Å². The number of aliphatic hydroxyl groups is 1. The second-order valence-corrected chi connectivity index (χ2v) is 7.02. The lowest BCUT2D eigenvalue weighted by Gasteiger charge is -2.29. The molecule has 0 bridgehead atoms. The van der Waals surface area contributed by atoms with Crippen molar-refractivity contribution in [2.75, 3.05) is 6.54 Å². The van der Waals surface area contributed by atoms with Crippen LogP contribution in [0.15, 0.2) is 12.1 Å². The Balaban J connectivity index is 2.24. The van der Waals surface area contributed by atoms with E-state index in [1.54, 1.807) is 27.7 Å². The van der Waals surface area contributed by atoms with Gasteiger partial charge < -0.3 is 29.3 Å². The highest BCUT2D eigenvalue weighted by Crippen LogP contribution is 2.44. The molecule has 26 heavy (non-hydrogen) atoms. The number of carbonyl (C=O) groups excluding carboxylic acids is 1. The number of carbonyl (C=O) groups is 1. The van der Waals surface area contributed by atoms with Gasteiger partial charge in [-0.3, -0.25) is 0 Å². The summed E-state index contributed by atoms with van der Waals surface area (Å²) in [4.78, 5) is 13.6. The van der Waals surface area contributed by atoms with Crippen LogP contribution in [0.3, 0.4) is 0 Å². The minimum atomic E-state index is -3.81. The number of amides is 1. The zero-order valence-electron chi connectivity index (χ0n) is 15.1. The van der Waals surface area contributed by atoms with Crippen LogP contribution in [0.2, 0.25) is 0 Å². The number of hydrogen-bond donors (Lipinski definition) is 2. The number of phenols is 1. The molecule has 1 aliphatic heterocycles. The SMILES string of the molecule is CC[C@H](O)CN(Cc1cc2c(cc1O)OC(F)(F)O2)C(=O)OC(C)(C)C. The van der Waals surface area contributed by atoms with E-state index in [4.69, 9.17) is 4.74 Å². The molecule has 1 aliphatic rings. The van der Waals surface area contributed by atoms with Gasteiger partial charge in [-0.2, -0.15) is 0 Å². The molecule has 0 spiro atoms. The Hall–Kier alpha value is -2.29. The third kappa shape index (κ3) is 5.10. The van der Waals surface area contributed by atoms with Crippen molar-refractivity contribution in [1.29, 1.82) is 0 Å². The maximum atomic E-state index is 13.2. The molecule has 0 radical (unpaired) electrons. The summed E-state index contributed by atoms with van der Waals surface area (Å²) in [6.07, 6.45) is -4.91. The quantitative estimate of drug-likeness (QED) is 0.822. The fourth-order valence-corrected chi connectivity index (χ4v) is 2.27. The van der Waals surface area contributed by atoms with Crippen molar-refractivity contribution in [3.8, 4) is 17.2 Å². The second kappa shape index (κ2) is 7.14. The average molecular weight is 375 g/mol. The summed E-state index contributed by atoms with van der Waals surface area (Å²) in [6.45, 7) is 6.62. The Bertz CT molecular complexity index is 674. The summed E-state index contributed by atoms with van der Waals surface area (Å²) in [5, 5.41) is 20.0. The maximum absolute atomic E-state index is 13.2. The first-order chi connectivity index (χ1) is 11.9. The molecule has 1 atom stereocenters. The Morgan fingerprint density at radius 2 is 1.88 bits per heavy atom. The van der Waals surface area contributed by atoms with E-state index in [9.17, 15) is 23.8 Å². The molecule has 1 aromatic rings. The fraction of sp³-hybridized carbons (Fsp3) is 0.588. The zero-order valence-corrected chi connectivity index (χ0v) is 15.1. The number of aromatic hydroxyl groups is 1. The van der Waals surface area contributed by atoms with Crippen molar-refractivity contribution >= 4 is 6.09 Å². The number of halogens is 2. The van der Waals surface area contributed by atoms with Crippen LogP contribution in [-0.2, 0) is 11.3 Å². The van der Waals surface area contributed by atoms with E-state index in [0.717, 1.165) is 6.07 Å². The summed E-state index contributed by atoms with van der Waals surface area (Å²) in [6, 6.07) is 2.16. The summed E-state index contributed by atoms with van der Waals surface area (Å²) >= 11 is 0. The van der Waals surface area contributed by atoms with Crippen LogP contribution in [0.5, 0.6) is 17.2 Å². The normalized spacial score (nSPS) is 16.3. The van der Waals surface area contributed by atoms with Crippen molar-refractivity contribution in [3.63, 3.8) is 0 Å². The van der Waals surface area contributed by atoms with Crippen molar-refractivity contribution in [1.82, 2.24) is 4.90 Å². The Morgan fingerprint density at radius 3 is 2.42 bits per heavy atom. The van der Waals surface area contributed by atoms with E-state index >= 15 is 0 Å². The van der Waals surface area contributed by atoms with Crippen LogP contribution >= 0.6 is 0 Å². The molecule has 1 heterocycles. The number of aliphatic hydroxyl groups excluding tert-OH is 1. The highest BCUT2D eigenvalue weighted by molar-refractivity contribution is 5.68. The molecule has 2 rings (SSSR count). The first-order valence-electron chi connectivity index (χ1n) is 8.18. The van der Waals surface area contributed by atoms with Gasteiger partial charge in [-0.1, -0.05) is 6.92 Å². The number of alkyl halides is 2. The number of rotatable bonds is 5. The van der Waals surface area contributed by atoms with E-state index in [1.165, 1.54) is 11.0 Å². The number of hydrogen-bond acceptors (Lipinski definition) is 6. The largest absolute Gasteiger partial charge is 0.586 e. The Kier molecular flexibility index (Phi) is 5.50. The monoisotopic (exact) mass is 375 g/mol. The molecule has 0 aliphatic carbocycles. The van der Waals surface area contributed by atoms with Gasteiger partial charge in [0, 0.05) is 11.6 Å². The maximum Gasteiger partial charge on any atom is 0.586 e. The Morgan fingerprint density at radius 1 is 1.31 bits per heavy atom. The van der Waals surface area contributed by atoms with E-state index < -0.39 is 24.1 Å². The van der Waals surface area contributed by atoms with Gasteiger partial charge in [0.1, 0.15) is 11.4 Å². The zero-order chi connectivity index (χ0) is 19.7. The van der Waals surface area contributed by atoms with E-state index in [-0.39, 0.29) is 35.9 Å². The molecule has 146 valence electrons. The Labute approximate surface area is 150 Å². The predicted molar refractivity (Wildman–Crippen MR) is 87.3 cm³/mol. The van der Waals surface area contributed by atoms with Crippen LogP contribution in [0.4, 0.5) is 13.6 Å². The van der Waals surface area contributed by atoms with Gasteiger partial charge in [0.25, 0.3) is 0 Å². The molecular weight excluding hydrogens is 352 g/mol. The number of fused-ring (bicyclic) bond motifs is 1. The summed E-state index contributed by atoms with van der Waals surface area (Å²) < 4.78 is 40.2. The number of ether oxygens (including phenoxy) is 3. The molecule has 7 nitrogen and oxygen atoms in total. The molecule has 0 fully saturated rings. The molecule has 0 saturated carbocycles. The standard InChI is InChI=1S/C17H23F2NO6/c1-5-11(21)9-20(15(23)26-16(2,3)4)8-10-6-13-14(7-12(10)22)25-17(18,19)24-13/h6-7,11,21-22H,5,8-9H2,1-4H3/t11-/m0/s1. The predicted octanol–water partition coefficient (Wildman–Crippen LogP) is 3.22. The third-order valence-corrected chi connectivity index (χ3v) is 3.52. The highest BCUT2D eigenvalue weighted by atomic mass is 19.3. The average Bonchev–Trinajstić information content (AvgIpc) is 2.77. The van der Waals surface area contributed by atoms with E-state index in [0.29, 0.717) is 6.42 Å². The molecule has 0 saturated heterocycles. The number of phenolic OH excluding ortho intramolecular Hbond substituents is 1.